The lowest BCUT2D eigenvalue weighted by molar-refractivity contribution is -0.125. The third-order valence-corrected chi connectivity index (χ3v) is 6.82. The first kappa shape index (κ1) is 23.0. The molecule has 6 nitrogen and oxygen atoms in total. The molecule has 0 aromatic heterocycles. The van der Waals surface area contributed by atoms with Crippen LogP contribution < -0.4 is 5.32 Å². The van der Waals surface area contributed by atoms with Crippen LogP contribution in [0.4, 0.5) is 10.1 Å². The lowest BCUT2D eigenvalue weighted by Crippen LogP contribution is -2.41. The van der Waals surface area contributed by atoms with Gasteiger partial charge in [-0.3, -0.25) is 14.6 Å². The van der Waals surface area contributed by atoms with Crippen LogP contribution >= 0.6 is 11.8 Å². The number of benzene rings is 3. The Morgan fingerprint density at radius 3 is 2.51 bits per heavy atom. The molecule has 0 radical (unpaired) electrons. The van der Waals surface area contributed by atoms with E-state index in [1.54, 1.807) is 17.0 Å². The van der Waals surface area contributed by atoms with Crippen LogP contribution in [0, 0.1) is 5.82 Å². The maximum absolute atomic E-state index is 13.3. The molecule has 0 spiro atoms. The highest BCUT2D eigenvalue weighted by atomic mass is 32.2. The number of amidine groups is 2. The summed E-state index contributed by atoms with van der Waals surface area (Å²) in [7, 11) is 0. The molecule has 5 rings (SSSR count). The number of thioether (sulfide) groups is 1. The largest absolute Gasteiger partial charge is 0.352 e. The number of hydrogen-bond acceptors (Lipinski definition) is 5. The Bertz CT molecular complexity index is 1310. The Labute approximate surface area is 207 Å². The molecular weight excluding hydrogens is 463 g/mol. The number of rotatable bonds is 7. The van der Waals surface area contributed by atoms with Crippen LogP contribution in [-0.4, -0.2) is 33.8 Å². The topological polar surface area (TPSA) is 74.1 Å². The summed E-state index contributed by atoms with van der Waals surface area (Å²) in [5.41, 5.74) is 3.49. The van der Waals surface area contributed by atoms with Gasteiger partial charge in [-0.25, -0.2) is 14.3 Å². The summed E-state index contributed by atoms with van der Waals surface area (Å²) in [4.78, 5) is 36.7. The summed E-state index contributed by atoms with van der Waals surface area (Å²) in [5.74, 6) is 0.507. The monoisotopic (exact) mass is 486 g/mol. The van der Waals surface area contributed by atoms with E-state index in [1.165, 1.54) is 23.9 Å². The zero-order chi connectivity index (χ0) is 24.2. The molecule has 0 unspecified atom stereocenters. The van der Waals surface area contributed by atoms with Crippen molar-refractivity contribution >= 4 is 40.3 Å². The first-order valence-corrected chi connectivity index (χ1v) is 12.3. The molecule has 2 amide bonds. The van der Waals surface area contributed by atoms with E-state index in [0.29, 0.717) is 29.7 Å². The zero-order valence-corrected chi connectivity index (χ0v) is 19.7. The van der Waals surface area contributed by atoms with Crippen molar-refractivity contribution in [2.45, 2.75) is 31.2 Å². The third-order valence-electron chi connectivity index (χ3n) is 5.81. The number of fused-ring (bicyclic) bond motifs is 3. The number of carbonyl (C=O) groups is 2. The molecular formula is C27H23FN4O2S. The highest BCUT2D eigenvalue weighted by Crippen LogP contribution is 2.35. The first-order chi connectivity index (χ1) is 17.1. The molecule has 35 heavy (non-hydrogen) atoms. The Kier molecular flexibility index (Phi) is 6.72. The van der Waals surface area contributed by atoms with Crippen LogP contribution in [0.5, 0.6) is 0 Å². The fraction of sp³-hybridized carbons (Fsp3) is 0.185. The normalized spacial score (nSPS) is 16.3. The summed E-state index contributed by atoms with van der Waals surface area (Å²) in [5, 5.41) is 3.44. The van der Waals surface area contributed by atoms with Gasteiger partial charge in [0.15, 0.2) is 5.17 Å². The molecule has 0 bridgehead atoms. The summed E-state index contributed by atoms with van der Waals surface area (Å²) in [6.45, 7) is 0.448. The number of nitrogens with zero attached hydrogens (tertiary/aromatic N) is 3. The minimum absolute atomic E-state index is 0.119. The number of nitrogens with one attached hydrogen (secondary N) is 1. The van der Waals surface area contributed by atoms with Gasteiger partial charge in [-0.1, -0.05) is 66.4 Å². The molecule has 1 N–H and O–H groups in total. The van der Waals surface area contributed by atoms with E-state index in [0.717, 1.165) is 22.4 Å². The second-order valence-corrected chi connectivity index (χ2v) is 9.21. The van der Waals surface area contributed by atoms with Crippen molar-refractivity contribution in [3.63, 3.8) is 0 Å². The maximum atomic E-state index is 13.3. The average molecular weight is 487 g/mol. The van der Waals surface area contributed by atoms with Gasteiger partial charge < -0.3 is 5.32 Å². The van der Waals surface area contributed by atoms with Gasteiger partial charge in [0.25, 0.3) is 5.91 Å². The fourth-order valence-corrected chi connectivity index (χ4v) is 4.92. The first-order valence-electron chi connectivity index (χ1n) is 11.4. The number of carbonyl (C=O) groups excluding carboxylic acids is 2. The van der Waals surface area contributed by atoms with E-state index < -0.39 is 6.04 Å². The molecule has 2 heterocycles. The number of halogens is 1. The Balaban J connectivity index is 1.28. The Morgan fingerprint density at radius 2 is 1.71 bits per heavy atom. The molecule has 8 heteroatoms. The van der Waals surface area contributed by atoms with Crippen LogP contribution in [0.25, 0.3) is 0 Å². The van der Waals surface area contributed by atoms with Crippen LogP contribution in [0.3, 0.4) is 0 Å². The highest BCUT2D eigenvalue weighted by molar-refractivity contribution is 8.13. The van der Waals surface area contributed by atoms with E-state index in [9.17, 15) is 14.0 Å². The van der Waals surface area contributed by atoms with E-state index in [2.05, 4.69) is 5.32 Å². The Morgan fingerprint density at radius 1 is 0.971 bits per heavy atom. The lowest BCUT2D eigenvalue weighted by atomic mass is 10.1. The number of hydrogen-bond donors (Lipinski definition) is 1. The predicted molar refractivity (Wildman–Crippen MR) is 136 cm³/mol. The zero-order valence-electron chi connectivity index (χ0n) is 18.9. The van der Waals surface area contributed by atoms with Gasteiger partial charge >= 0.3 is 0 Å². The summed E-state index contributed by atoms with van der Waals surface area (Å²) >= 11 is 1.40. The van der Waals surface area contributed by atoms with Gasteiger partial charge in [-0.15, -0.1) is 0 Å². The van der Waals surface area contributed by atoms with Crippen molar-refractivity contribution in [3.05, 3.63) is 101 Å². The standard InChI is InChI=1S/C27H23FN4O2S/c28-20-12-10-19(11-13-20)17-35-27-31-22-9-5-4-8-21(22)25-30-23(26(34)32(25)27)14-15-24(33)29-16-18-6-2-1-3-7-18/h1-13,23H,14-17H2,(H,29,33)/t23-/m0/s1. The summed E-state index contributed by atoms with van der Waals surface area (Å²) < 4.78 is 13.3. The van der Waals surface area contributed by atoms with Gasteiger partial charge in [0.05, 0.1) is 5.69 Å². The van der Waals surface area contributed by atoms with Gasteiger partial charge in [0, 0.05) is 24.3 Å². The molecule has 0 fully saturated rings. The second-order valence-electron chi connectivity index (χ2n) is 8.27. The van der Waals surface area contributed by atoms with Crippen LogP contribution in [0.15, 0.2) is 88.8 Å². The molecule has 0 aliphatic carbocycles. The molecule has 2 aliphatic heterocycles. The van der Waals surface area contributed by atoms with Crippen molar-refractivity contribution in [2.24, 2.45) is 9.98 Å². The number of aliphatic imine (C=N–C) groups is 2. The average Bonchev–Trinajstić information content (AvgIpc) is 3.23. The molecule has 3 aromatic rings. The molecule has 1 atom stereocenters. The molecule has 2 aliphatic rings. The van der Waals surface area contributed by atoms with Gasteiger partial charge in [0.2, 0.25) is 5.91 Å². The second kappa shape index (κ2) is 10.2. The fourth-order valence-electron chi connectivity index (χ4n) is 3.97. The molecule has 3 aromatic carbocycles. The van der Waals surface area contributed by atoms with Crippen molar-refractivity contribution < 1.29 is 14.0 Å². The van der Waals surface area contributed by atoms with Crippen molar-refractivity contribution in [1.29, 1.82) is 0 Å². The van der Waals surface area contributed by atoms with E-state index in [4.69, 9.17) is 9.98 Å². The van der Waals surface area contributed by atoms with Crippen molar-refractivity contribution in [3.8, 4) is 0 Å². The van der Waals surface area contributed by atoms with Crippen LogP contribution in [-0.2, 0) is 21.9 Å². The van der Waals surface area contributed by atoms with E-state index in [-0.39, 0.29) is 24.1 Å². The van der Waals surface area contributed by atoms with Gasteiger partial charge in [0.1, 0.15) is 17.7 Å². The number of amides is 2. The van der Waals surface area contributed by atoms with E-state index in [1.807, 2.05) is 54.6 Å². The number of para-hydroxylation sites is 1. The van der Waals surface area contributed by atoms with Crippen LogP contribution in [0.2, 0.25) is 0 Å². The van der Waals surface area contributed by atoms with Crippen LogP contribution in [0.1, 0.15) is 29.5 Å². The summed E-state index contributed by atoms with van der Waals surface area (Å²) in [6.07, 6.45) is 0.516. The molecule has 0 saturated carbocycles. The minimum Gasteiger partial charge on any atom is -0.352 e. The lowest BCUT2D eigenvalue weighted by Gasteiger charge is -2.25. The molecule has 176 valence electrons. The smallest absolute Gasteiger partial charge is 0.259 e. The third kappa shape index (κ3) is 5.17. The minimum atomic E-state index is -0.643. The maximum Gasteiger partial charge on any atom is 0.259 e. The summed E-state index contributed by atoms with van der Waals surface area (Å²) in [6, 6.07) is 22.9. The SMILES string of the molecule is O=C(CC[C@@H]1N=C2c3ccccc3N=C(SCc3ccc(F)cc3)N2C1=O)NCc1ccccc1. The van der Waals surface area contributed by atoms with Gasteiger partial charge in [-0.05, 0) is 41.8 Å². The quantitative estimate of drug-likeness (QED) is 0.521. The van der Waals surface area contributed by atoms with Gasteiger partial charge in [-0.2, -0.15) is 0 Å². The molecule has 0 saturated heterocycles. The van der Waals surface area contributed by atoms with Crippen molar-refractivity contribution in [2.75, 3.05) is 0 Å². The van der Waals surface area contributed by atoms with E-state index >= 15 is 0 Å². The highest BCUT2D eigenvalue weighted by Gasteiger charge is 2.41. The predicted octanol–water partition coefficient (Wildman–Crippen LogP) is 4.81. The Hall–Kier alpha value is -3.78. The van der Waals surface area contributed by atoms with Crippen molar-refractivity contribution in [1.82, 2.24) is 10.2 Å².